The zero-order chi connectivity index (χ0) is 12.5. The first-order valence-corrected chi connectivity index (χ1v) is 7.77. The van der Waals surface area contributed by atoms with Crippen LogP contribution in [0.5, 0.6) is 0 Å². The Kier molecular flexibility index (Phi) is 3.60. The van der Waals surface area contributed by atoms with Crippen molar-refractivity contribution in [3.63, 3.8) is 0 Å². The number of carbonyl (C=O) groups is 1. The van der Waals surface area contributed by atoms with Crippen LogP contribution < -0.4 is 11.1 Å². The van der Waals surface area contributed by atoms with Gasteiger partial charge in [-0.1, -0.05) is 6.42 Å². The topological polar surface area (TPSA) is 55.1 Å². The molecule has 3 nitrogen and oxygen atoms in total. The third kappa shape index (κ3) is 2.71. The van der Waals surface area contributed by atoms with E-state index in [1.807, 2.05) is 0 Å². The molecule has 2 atom stereocenters. The number of rotatable bonds is 6. The molecule has 0 spiro atoms. The van der Waals surface area contributed by atoms with Gasteiger partial charge in [-0.05, 0) is 68.7 Å². The second kappa shape index (κ2) is 5.20. The van der Waals surface area contributed by atoms with Crippen molar-refractivity contribution in [2.75, 3.05) is 13.1 Å². The SMILES string of the molecule is NCC1CCCC1C(=O)NCC(C1CC1)C1CC1. The predicted molar refractivity (Wildman–Crippen MR) is 71.8 cm³/mol. The molecule has 0 radical (unpaired) electrons. The summed E-state index contributed by atoms with van der Waals surface area (Å²) in [7, 11) is 0. The normalized spacial score (nSPS) is 31.9. The Morgan fingerprint density at radius 1 is 1.11 bits per heavy atom. The van der Waals surface area contributed by atoms with Crippen molar-refractivity contribution in [3.05, 3.63) is 0 Å². The van der Waals surface area contributed by atoms with Crippen LogP contribution in [0.1, 0.15) is 44.9 Å². The second-order valence-corrected chi connectivity index (χ2v) is 6.62. The van der Waals surface area contributed by atoms with Crippen LogP contribution in [0.25, 0.3) is 0 Å². The molecule has 3 N–H and O–H groups in total. The Balaban J connectivity index is 1.48. The summed E-state index contributed by atoms with van der Waals surface area (Å²) >= 11 is 0. The maximum Gasteiger partial charge on any atom is 0.223 e. The average Bonchev–Trinajstić information content (AvgIpc) is 3.29. The Morgan fingerprint density at radius 2 is 1.78 bits per heavy atom. The molecule has 3 fully saturated rings. The van der Waals surface area contributed by atoms with E-state index in [1.165, 1.54) is 32.1 Å². The smallest absolute Gasteiger partial charge is 0.223 e. The molecule has 0 aromatic carbocycles. The van der Waals surface area contributed by atoms with E-state index in [2.05, 4.69) is 5.32 Å². The lowest BCUT2D eigenvalue weighted by atomic mass is 9.94. The van der Waals surface area contributed by atoms with Crippen LogP contribution in [0.4, 0.5) is 0 Å². The zero-order valence-corrected chi connectivity index (χ0v) is 11.2. The Hall–Kier alpha value is -0.570. The molecule has 0 saturated heterocycles. The van der Waals surface area contributed by atoms with Gasteiger partial charge in [0.25, 0.3) is 0 Å². The van der Waals surface area contributed by atoms with E-state index in [1.54, 1.807) is 0 Å². The van der Waals surface area contributed by atoms with E-state index in [4.69, 9.17) is 5.73 Å². The molecule has 0 heterocycles. The lowest BCUT2D eigenvalue weighted by molar-refractivity contribution is -0.126. The molecule has 3 aliphatic carbocycles. The number of nitrogens with two attached hydrogens (primary N) is 1. The molecular weight excluding hydrogens is 224 g/mol. The fourth-order valence-electron chi connectivity index (χ4n) is 3.78. The number of carbonyl (C=O) groups excluding carboxylic acids is 1. The minimum atomic E-state index is 0.203. The quantitative estimate of drug-likeness (QED) is 0.756. The van der Waals surface area contributed by atoms with Gasteiger partial charge in [-0.2, -0.15) is 0 Å². The van der Waals surface area contributed by atoms with Gasteiger partial charge >= 0.3 is 0 Å². The summed E-state index contributed by atoms with van der Waals surface area (Å²) in [6, 6.07) is 0. The molecule has 0 aromatic rings. The van der Waals surface area contributed by atoms with Crippen LogP contribution in [0.2, 0.25) is 0 Å². The molecule has 18 heavy (non-hydrogen) atoms. The largest absolute Gasteiger partial charge is 0.356 e. The fraction of sp³-hybridized carbons (Fsp3) is 0.933. The highest BCUT2D eigenvalue weighted by Crippen LogP contribution is 2.48. The molecule has 3 heteroatoms. The lowest BCUT2D eigenvalue weighted by Gasteiger charge is -2.21. The van der Waals surface area contributed by atoms with Gasteiger partial charge < -0.3 is 11.1 Å². The zero-order valence-electron chi connectivity index (χ0n) is 11.2. The predicted octanol–water partition coefficient (Wildman–Crippen LogP) is 1.91. The summed E-state index contributed by atoms with van der Waals surface area (Å²) in [6.45, 7) is 1.61. The van der Waals surface area contributed by atoms with Gasteiger partial charge in [0.2, 0.25) is 5.91 Å². The molecule has 3 aliphatic rings. The van der Waals surface area contributed by atoms with Crippen LogP contribution in [0.3, 0.4) is 0 Å². The van der Waals surface area contributed by atoms with Crippen molar-refractivity contribution in [1.29, 1.82) is 0 Å². The Bertz CT molecular complexity index is 298. The summed E-state index contributed by atoms with van der Waals surface area (Å²) < 4.78 is 0. The third-order valence-corrected chi connectivity index (χ3v) is 5.27. The summed E-state index contributed by atoms with van der Waals surface area (Å²) in [6.07, 6.45) is 8.94. The molecule has 3 saturated carbocycles. The summed E-state index contributed by atoms with van der Waals surface area (Å²) in [5, 5.41) is 3.24. The minimum absolute atomic E-state index is 0.203. The number of amides is 1. The first-order valence-electron chi connectivity index (χ1n) is 7.77. The van der Waals surface area contributed by atoms with E-state index in [-0.39, 0.29) is 11.8 Å². The van der Waals surface area contributed by atoms with Gasteiger partial charge in [0, 0.05) is 12.5 Å². The van der Waals surface area contributed by atoms with Crippen molar-refractivity contribution in [2.24, 2.45) is 35.3 Å². The van der Waals surface area contributed by atoms with Crippen LogP contribution >= 0.6 is 0 Å². The van der Waals surface area contributed by atoms with E-state index >= 15 is 0 Å². The van der Waals surface area contributed by atoms with Crippen molar-refractivity contribution in [1.82, 2.24) is 5.32 Å². The van der Waals surface area contributed by atoms with E-state index in [0.29, 0.717) is 12.5 Å². The van der Waals surface area contributed by atoms with Crippen molar-refractivity contribution in [3.8, 4) is 0 Å². The standard InChI is InChI=1S/C15H26N2O/c16-8-12-2-1-3-13(12)15(18)17-9-14(10-4-5-10)11-6-7-11/h10-14H,1-9,16H2,(H,17,18). The fourth-order valence-corrected chi connectivity index (χ4v) is 3.78. The van der Waals surface area contributed by atoms with Crippen molar-refractivity contribution >= 4 is 5.91 Å². The number of hydrogen-bond acceptors (Lipinski definition) is 2. The first kappa shape index (κ1) is 12.5. The minimum Gasteiger partial charge on any atom is -0.356 e. The molecule has 0 bridgehead atoms. The second-order valence-electron chi connectivity index (χ2n) is 6.62. The van der Waals surface area contributed by atoms with E-state index in [0.717, 1.165) is 37.1 Å². The van der Waals surface area contributed by atoms with Gasteiger partial charge in [-0.15, -0.1) is 0 Å². The molecule has 2 unspecified atom stereocenters. The van der Waals surface area contributed by atoms with Crippen LogP contribution in [0, 0.1) is 29.6 Å². The maximum absolute atomic E-state index is 12.2. The van der Waals surface area contributed by atoms with Gasteiger partial charge in [0.15, 0.2) is 0 Å². The Morgan fingerprint density at radius 3 is 2.33 bits per heavy atom. The summed E-state index contributed by atoms with van der Waals surface area (Å²) in [5.74, 6) is 3.55. The summed E-state index contributed by atoms with van der Waals surface area (Å²) in [4.78, 5) is 12.2. The third-order valence-electron chi connectivity index (χ3n) is 5.27. The molecule has 0 aromatic heterocycles. The van der Waals surface area contributed by atoms with Gasteiger partial charge in [0.1, 0.15) is 0 Å². The molecule has 102 valence electrons. The number of hydrogen-bond donors (Lipinski definition) is 2. The van der Waals surface area contributed by atoms with E-state index in [9.17, 15) is 4.79 Å². The van der Waals surface area contributed by atoms with Gasteiger partial charge in [0.05, 0.1) is 0 Å². The molecule has 0 aliphatic heterocycles. The van der Waals surface area contributed by atoms with Gasteiger partial charge in [-0.3, -0.25) is 4.79 Å². The van der Waals surface area contributed by atoms with Crippen LogP contribution in [-0.4, -0.2) is 19.0 Å². The maximum atomic E-state index is 12.2. The number of nitrogens with one attached hydrogen (secondary N) is 1. The molecular formula is C15H26N2O. The van der Waals surface area contributed by atoms with Gasteiger partial charge in [-0.25, -0.2) is 0 Å². The molecule has 1 amide bonds. The highest BCUT2D eigenvalue weighted by molar-refractivity contribution is 5.79. The Labute approximate surface area is 110 Å². The highest BCUT2D eigenvalue weighted by Gasteiger charge is 2.41. The van der Waals surface area contributed by atoms with Crippen molar-refractivity contribution in [2.45, 2.75) is 44.9 Å². The average molecular weight is 250 g/mol. The monoisotopic (exact) mass is 250 g/mol. The highest BCUT2D eigenvalue weighted by atomic mass is 16.1. The van der Waals surface area contributed by atoms with Crippen LogP contribution in [0.15, 0.2) is 0 Å². The van der Waals surface area contributed by atoms with Crippen molar-refractivity contribution < 1.29 is 4.79 Å². The first-order chi connectivity index (χ1) is 8.79. The lowest BCUT2D eigenvalue weighted by Crippen LogP contribution is -2.38. The molecule has 3 rings (SSSR count). The van der Waals surface area contributed by atoms with E-state index < -0.39 is 0 Å². The summed E-state index contributed by atoms with van der Waals surface area (Å²) in [5.41, 5.74) is 5.75. The van der Waals surface area contributed by atoms with Crippen LogP contribution in [-0.2, 0) is 4.79 Å².